The number of carbonyl (C=O) groups excluding carboxylic acids is 1. The van der Waals surface area contributed by atoms with Gasteiger partial charge in [0.05, 0.1) is 17.6 Å². The van der Waals surface area contributed by atoms with Crippen LogP contribution in [-0.2, 0) is 0 Å². The van der Waals surface area contributed by atoms with E-state index in [-0.39, 0.29) is 5.69 Å². The van der Waals surface area contributed by atoms with E-state index >= 15 is 0 Å². The predicted octanol–water partition coefficient (Wildman–Crippen LogP) is 3.95. The lowest BCUT2D eigenvalue weighted by molar-refractivity contribution is 0.0690. The van der Waals surface area contributed by atoms with E-state index in [1.807, 2.05) is 6.07 Å². The van der Waals surface area contributed by atoms with E-state index in [2.05, 4.69) is 47.5 Å². The molecule has 0 fully saturated rings. The molecule has 2 aromatic rings. The van der Waals surface area contributed by atoms with E-state index in [9.17, 15) is 9.59 Å². The average Bonchev–Trinajstić information content (AvgIpc) is 2.43. The Kier molecular flexibility index (Phi) is 4.92. The zero-order valence-corrected chi connectivity index (χ0v) is 13.6. The van der Waals surface area contributed by atoms with Crippen molar-refractivity contribution in [1.29, 1.82) is 0 Å². The molecule has 8 heteroatoms. The third-order valence-corrected chi connectivity index (χ3v) is 3.60. The Morgan fingerprint density at radius 1 is 1.10 bits per heavy atom. The highest BCUT2D eigenvalue weighted by Gasteiger charge is 2.08. The maximum Gasteiger partial charge on any atom is 0.354 e. The molecular formula is C13H9Br2N3O3. The molecule has 108 valence electrons. The van der Waals surface area contributed by atoms with Gasteiger partial charge >= 0.3 is 12.0 Å². The van der Waals surface area contributed by atoms with Gasteiger partial charge in [-0.25, -0.2) is 14.6 Å². The number of nitrogens with one attached hydrogen (secondary N) is 2. The van der Waals surface area contributed by atoms with Crippen LogP contribution in [0, 0.1) is 0 Å². The molecule has 0 aliphatic rings. The first-order valence-electron chi connectivity index (χ1n) is 5.68. The number of hydrogen-bond donors (Lipinski definition) is 3. The fraction of sp³-hybridized carbons (Fsp3) is 0. The monoisotopic (exact) mass is 413 g/mol. The number of pyridine rings is 1. The summed E-state index contributed by atoms with van der Waals surface area (Å²) in [4.78, 5) is 26.2. The number of halogens is 2. The molecule has 0 unspecified atom stereocenters. The third kappa shape index (κ3) is 4.27. The number of nitrogens with zero attached hydrogens (tertiary/aromatic N) is 1. The van der Waals surface area contributed by atoms with Gasteiger partial charge in [0.2, 0.25) is 0 Å². The van der Waals surface area contributed by atoms with E-state index < -0.39 is 12.0 Å². The van der Waals surface area contributed by atoms with Crippen LogP contribution in [0.25, 0.3) is 0 Å². The van der Waals surface area contributed by atoms with Crippen LogP contribution in [0.4, 0.5) is 16.2 Å². The molecule has 1 heterocycles. The van der Waals surface area contributed by atoms with Crippen molar-refractivity contribution in [3.05, 3.63) is 51.2 Å². The molecule has 21 heavy (non-hydrogen) atoms. The van der Waals surface area contributed by atoms with Gasteiger partial charge in [0.1, 0.15) is 5.69 Å². The molecular weight excluding hydrogens is 406 g/mol. The van der Waals surface area contributed by atoms with Gasteiger partial charge in [0.15, 0.2) is 0 Å². The molecule has 0 bridgehead atoms. The molecule has 0 aliphatic heterocycles. The number of rotatable bonds is 3. The second-order valence-corrected chi connectivity index (χ2v) is 5.71. The first-order chi connectivity index (χ1) is 9.95. The Morgan fingerprint density at radius 2 is 1.86 bits per heavy atom. The molecule has 0 atom stereocenters. The Labute approximate surface area is 136 Å². The minimum atomic E-state index is -1.12. The van der Waals surface area contributed by atoms with Crippen LogP contribution in [0.3, 0.4) is 0 Å². The molecule has 2 rings (SSSR count). The smallest absolute Gasteiger partial charge is 0.354 e. The van der Waals surface area contributed by atoms with Crippen molar-refractivity contribution in [2.45, 2.75) is 0 Å². The van der Waals surface area contributed by atoms with Crippen LogP contribution < -0.4 is 10.6 Å². The Bertz CT molecular complexity index is 690. The molecule has 0 saturated heterocycles. The predicted molar refractivity (Wildman–Crippen MR) is 85.7 cm³/mol. The number of hydrogen-bond acceptors (Lipinski definition) is 3. The first-order valence-corrected chi connectivity index (χ1v) is 7.27. The van der Waals surface area contributed by atoms with Crippen molar-refractivity contribution in [2.24, 2.45) is 0 Å². The molecule has 6 nitrogen and oxygen atoms in total. The summed E-state index contributed by atoms with van der Waals surface area (Å²) in [6, 6.07) is 7.69. The third-order valence-electron chi connectivity index (χ3n) is 2.42. The Morgan fingerprint density at radius 3 is 2.48 bits per heavy atom. The van der Waals surface area contributed by atoms with Crippen molar-refractivity contribution in [2.75, 3.05) is 10.6 Å². The number of urea groups is 1. The van der Waals surface area contributed by atoms with Crippen LogP contribution in [0.1, 0.15) is 10.5 Å². The van der Waals surface area contributed by atoms with Gasteiger partial charge < -0.3 is 15.7 Å². The number of carboxylic acids is 1. The van der Waals surface area contributed by atoms with Crippen LogP contribution in [0.2, 0.25) is 0 Å². The van der Waals surface area contributed by atoms with Gasteiger partial charge in [0.25, 0.3) is 0 Å². The highest BCUT2D eigenvalue weighted by Crippen LogP contribution is 2.26. The Hall–Kier alpha value is -1.93. The van der Waals surface area contributed by atoms with E-state index in [1.165, 1.54) is 18.3 Å². The molecule has 0 radical (unpaired) electrons. The van der Waals surface area contributed by atoms with E-state index in [4.69, 9.17) is 5.11 Å². The molecule has 0 aliphatic carbocycles. The largest absolute Gasteiger partial charge is 0.477 e. The standard InChI is InChI=1S/C13H9Br2N3O3/c14-7-1-3-9(15)11(5-7)18-13(21)17-8-2-4-10(12(19)20)16-6-8/h1-6H,(H,19,20)(H2,17,18,21). The molecule has 3 N–H and O–H groups in total. The molecule has 1 aromatic carbocycles. The average molecular weight is 415 g/mol. The Balaban J connectivity index is 2.04. The van der Waals surface area contributed by atoms with E-state index in [1.54, 1.807) is 12.1 Å². The van der Waals surface area contributed by atoms with Crippen LogP contribution >= 0.6 is 31.9 Å². The lowest BCUT2D eigenvalue weighted by atomic mass is 10.3. The van der Waals surface area contributed by atoms with Gasteiger partial charge in [-0.15, -0.1) is 0 Å². The van der Waals surface area contributed by atoms with Gasteiger partial charge in [-0.3, -0.25) is 0 Å². The molecule has 0 saturated carbocycles. The van der Waals surface area contributed by atoms with Crippen LogP contribution in [-0.4, -0.2) is 22.1 Å². The lowest BCUT2D eigenvalue weighted by Gasteiger charge is -2.09. The fourth-order valence-electron chi connectivity index (χ4n) is 1.47. The number of anilines is 2. The summed E-state index contributed by atoms with van der Waals surface area (Å²) in [7, 11) is 0. The summed E-state index contributed by atoms with van der Waals surface area (Å²) in [5.74, 6) is -1.12. The number of aromatic carboxylic acids is 1. The zero-order valence-electron chi connectivity index (χ0n) is 10.4. The minimum absolute atomic E-state index is 0.0873. The van der Waals surface area contributed by atoms with Crippen molar-refractivity contribution in [3.63, 3.8) is 0 Å². The SMILES string of the molecule is O=C(Nc1ccc(C(=O)O)nc1)Nc1cc(Br)ccc1Br. The summed E-state index contributed by atoms with van der Waals surface area (Å²) < 4.78 is 1.56. The van der Waals surface area contributed by atoms with E-state index in [0.29, 0.717) is 11.4 Å². The number of amides is 2. The van der Waals surface area contributed by atoms with E-state index in [0.717, 1.165) is 8.95 Å². The quantitative estimate of drug-likeness (QED) is 0.709. The number of aromatic nitrogens is 1. The maximum atomic E-state index is 11.9. The number of benzene rings is 1. The van der Waals surface area contributed by atoms with Gasteiger partial charge in [-0.1, -0.05) is 15.9 Å². The summed E-state index contributed by atoms with van der Waals surface area (Å²) in [5.41, 5.74) is 0.899. The van der Waals surface area contributed by atoms with Gasteiger partial charge in [-0.2, -0.15) is 0 Å². The summed E-state index contributed by atoms with van der Waals surface area (Å²) in [5, 5.41) is 14.0. The minimum Gasteiger partial charge on any atom is -0.477 e. The second kappa shape index (κ2) is 6.68. The maximum absolute atomic E-state index is 11.9. The van der Waals surface area contributed by atoms with Crippen LogP contribution in [0.15, 0.2) is 45.5 Å². The normalized spacial score (nSPS) is 10.0. The van der Waals surface area contributed by atoms with Crippen molar-refractivity contribution in [1.82, 2.24) is 4.98 Å². The number of carbonyl (C=O) groups is 2. The summed E-state index contributed by atoms with van der Waals surface area (Å²) in [6.45, 7) is 0. The summed E-state index contributed by atoms with van der Waals surface area (Å²) >= 11 is 6.65. The lowest BCUT2D eigenvalue weighted by Crippen LogP contribution is -2.20. The highest BCUT2D eigenvalue weighted by atomic mass is 79.9. The fourth-order valence-corrected chi connectivity index (χ4v) is 2.18. The van der Waals surface area contributed by atoms with Gasteiger partial charge in [0, 0.05) is 8.95 Å². The highest BCUT2D eigenvalue weighted by molar-refractivity contribution is 9.11. The van der Waals surface area contributed by atoms with Crippen LogP contribution in [0.5, 0.6) is 0 Å². The number of carboxylic acid groups (broad SMARTS) is 1. The summed E-state index contributed by atoms with van der Waals surface area (Å²) in [6.07, 6.45) is 1.28. The molecule has 2 amide bonds. The van der Waals surface area contributed by atoms with Gasteiger partial charge in [-0.05, 0) is 46.3 Å². The molecule has 1 aromatic heterocycles. The van der Waals surface area contributed by atoms with Crippen molar-refractivity contribution < 1.29 is 14.7 Å². The van der Waals surface area contributed by atoms with Crippen molar-refractivity contribution in [3.8, 4) is 0 Å². The van der Waals surface area contributed by atoms with Crippen molar-refractivity contribution >= 4 is 55.2 Å². The zero-order chi connectivity index (χ0) is 15.4. The molecule has 0 spiro atoms. The first kappa shape index (κ1) is 15.5. The second-order valence-electron chi connectivity index (χ2n) is 3.94. The topological polar surface area (TPSA) is 91.3 Å².